The van der Waals surface area contributed by atoms with Gasteiger partial charge in [0.1, 0.15) is 12.4 Å². The topological polar surface area (TPSA) is 77.1 Å². The molecular formula is C28H24FN3O3S. The zero-order valence-corrected chi connectivity index (χ0v) is 20.8. The predicted octanol–water partition coefficient (Wildman–Crippen LogP) is 5.13. The summed E-state index contributed by atoms with van der Waals surface area (Å²) in [4.78, 5) is 0.144. The van der Waals surface area contributed by atoms with E-state index in [0.29, 0.717) is 16.5 Å². The van der Waals surface area contributed by atoms with E-state index in [-0.39, 0.29) is 23.2 Å². The van der Waals surface area contributed by atoms with Crippen molar-refractivity contribution in [1.82, 2.24) is 13.8 Å². The van der Waals surface area contributed by atoms with Crippen LogP contribution < -0.4 is 0 Å². The summed E-state index contributed by atoms with van der Waals surface area (Å²) in [6, 6.07) is 16.5. The lowest BCUT2D eigenvalue weighted by Gasteiger charge is -2.14. The molecule has 2 aromatic heterocycles. The van der Waals surface area contributed by atoms with Crippen molar-refractivity contribution in [2.24, 2.45) is 0 Å². The Hall–Kier alpha value is -3.93. The van der Waals surface area contributed by atoms with Crippen molar-refractivity contribution in [3.63, 3.8) is 0 Å². The second-order valence-corrected chi connectivity index (χ2v) is 10.7. The van der Waals surface area contributed by atoms with Crippen molar-refractivity contribution < 1.29 is 17.9 Å². The van der Waals surface area contributed by atoms with Crippen molar-refractivity contribution in [3.8, 4) is 17.5 Å². The van der Waals surface area contributed by atoms with Gasteiger partial charge in [-0.05, 0) is 61.4 Å². The molecular weight excluding hydrogens is 477 g/mol. The molecule has 3 aromatic carbocycles. The van der Waals surface area contributed by atoms with Gasteiger partial charge in [0.05, 0.1) is 27.7 Å². The van der Waals surface area contributed by atoms with Crippen molar-refractivity contribution in [2.45, 2.75) is 31.6 Å². The third kappa shape index (κ3) is 3.87. The van der Waals surface area contributed by atoms with Gasteiger partial charge in [-0.1, -0.05) is 43.4 Å². The molecule has 36 heavy (non-hydrogen) atoms. The molecule has 6 nitrogen and oxygen atoms in total. The molecule has 1 N–H and O–H groups in total. The van der Waals surface area contributed by atoms with E-state index in [0.717, 1.165) is 31.9 Å². The molecule has 0 aliphatic rings. The Labute approximate surface area is 208 Å². The molecule has 182 valence electrons. The number of rotatable bonds is 4. The number of benzene rings is 3. The quantitative estimate of drug-likeness (QED) is 0.346. The number of aliphatic hydroxyl groups is 1. The first-order valence-corrected chi connectivity index (χ1v) is 12.9. The average molecular weight is 502 g/mol. The lowest BCUT2D eigenvalue weighted by Crippen LogP contribution is -2.14. The predicted molar refractivity (Wildman–Crippen MR) is 138 cm³/mol. The number of nitrogens with zero attached hydrogens (tertiary/aromatic N) is 3. The summed E-state index contributed by atoms with van der Waals surface area (Å²) in [7, 11) is -3.93. The minimum Gasteiger partial charge on any atom is -0.384 e. The Morgan fingerprint density at radius 3 is 2.36 bits per heavy atom. The molecule has 2 heterocycles. The lowest BCUT2D eigenvalue weighted by molar-refractivity contribution is 0.350. The van der Waals surface area contributed by atoms with Crippen LogP contribution in [-0.4, -0.2) is 33.9 Å². The van der Waals surface area contributed by atoms with E-state index >= 15 is 0 Å². The van der Waals surface area contributed by atoms with Crippen LogP contribution in [-0.2, 0) is 10.0 Å². The molecule has 0 bridgehead atoms. The maximum atomic E-state index is 13.7. The van der Waals surface area contributed by atoms with Crippen molar-refractivity contribution in [3.05, 3.63) is 89.5 Å². The monoisotopic (exact) mass is 501 g/mol. The highest BCUT2D eigenvalue weighted by molar-refractivity contribution is 7.90. The highest BCUT2D eigenvalue weighted by atomic mass is 32.2. The van der Waals surface area contributed by atoms with E-state index in [1.165, 1.54) is 18.3 Å². The van der Waals surface area contributed by atoms with Gasteiger partial charge in [-0.25, -0.2) is 4.39 Å². The maximum Gasteiger partial charge on any atom is 0.283 e. The van der Waals surface area contributed by atoms with Gasteiger partial charge in [-0.3, -0.25) is 0 Å². The lowest BCUT2D eigenvalue weighted by atomic mass is 10.0. The molecule has 0 aliphatic carbocycles. The van der Waals surface area contributed by atoms with Gasteiger partial charge in [-0.2, -0.15) is 17.6 Å². The fraction of sp³-hybridized carbons (Fsp3) is 0.179. The van der Waals surface area contributed by atoms with E-state index < -0.39 is 10.0 Å². The Balaban J connectivity index is 1.85. The molecule has 5 aromatic rings. The SMILES string of the molecule is Cc1ccc(S(=O)(=O)n2ncc3cc4c(cc32)c(C#CCO)c(C(C)C)n4-c2ccc(F)cc2)cc1. The summed E-state index contributed by atoms with van der Waals surface area (Å²) in [6.45, 7) is 5.63. The number of aromatic nitrogens is 3. The van der Waals surface area contributed by atoms with E-state index in [1.807, 2.05) is 31.4 Å². The fourth-order valence-corrected chi connectivity index (χ4v) is 5.75. The van der Waals surface area contributed by atoms with Crippen molar-refractivity contribution in [2.75, 3.05) is 6.61 Å². The van der Waals surface area contributed by atoms with Crippen LogP contribution in [0.4, 0.5) is 4.39 Å². The minimum absolute atomic E-state index is 0.0290. The fourth-order valence-electron chi connectivity index (χ4n) is 4.48. The molecule has 0 amide bonds. The standard InChI is InChI=1S/C28H24FN3O3S/c1-18(2)28-24(5-4-14-33)25-16-26-20(15-27(25)31(28)22-10-8-21(29)9-11-22)17-30-32(26)36(34,35)23-12-6-19(3)7-13-23/h6-13,15-18,33H,14H2,1-3H3. The summed E-state index contributed by atoms with van der Waals surface area (Å²) in [5.41, 5.74) is 4.47. The number of halogens is 1. The Kier molecular flexibility index (Phi) is 5.91. The molecule has 0 radical (unpaired) electrons. The number of hydrogen-bond acceptors (Lipinski definition) is 4. The Bertz CT molecular complexity index is 1770. The summed E-state index contributed by atoms with van der Waals surface area (Å²) in [5, 5.41) is 15.0. The van der Waals surface area contributed by atoms with Gasteiger partial charge in [-0.15, -0.1) is 0 Å². The second-order valence-electron chi connectivity index (χ2n) is 8.92. The first-order valence-electron chi connectivity index (χ1n) is 11.5. The van der Waals surface area contributed by atoms with Gasteiger partial charge in [0, 0.05) is 22.2 Å². The summed E-state index contributed by atoms with van der Waals surface area (Å²) >= 11 is 0. The van der Waals surface area contributed by atoms with Crippen molar-refractivity contribution in [1.29, 1.82) is 0 Å². The van der Waals surface area contributed by atoms with Crippen LogP contribution in [0.2, 0.25) is 0 Å². The molecule has 0 saturated heterocycles. The smallest absolute Gasteiger partial charge is 0.283 e. The highest BCUT2D eigenvalue weighted by Crippen LogP contribution is 2.36. The molecule has 0 atom stereocenters. The summed E-state index contributed by atoms with van der Waals surface area (Å²) < 4.78 is 43.6. The van der Waals surface area contributed by atoms with E-state index in [4.69, 9.17) is 0 Å². The van der Waals surface area contributed by atoms with Gasteiger partial charge in [0.2, 0.25) is 0 Å². The van der Waals surface area contributed by atoms with Crippen LogP contribution in [0.25, 0.3) is 27.5 Å². The van der Waals surface area contributed by atoms with Crippen LogP contribution in [0.15, 0.2) is 71.8 Å². The second kappa shape index (κ2) is 8.94. The summed E-state index contributed by atoms with van der Waals surface area (Å²) in [6.07, 6.45) is 1.52. The normalized spacial score (nSPS) is 11.8. The first-order chi connectivity index (χ1) is 17.2. The van der Waals surface area contributed by atoms with Gasteiger partial charge in [0.15, 0.2) is 0 Å². The van der Waals surface area contributed by atoms with E-state index in [2.05, 4.69) is 16.9 Å². The zero-order chi connectivity index (χ0) is 25.6. The summed E-state index contributed by atoms with van der Waals surface area (Å²) in [5.74, 6) is 5.49. The van der Waals surface area contributed by atoms with Crippen LogP contribution >= 0.6 is 0 Å². The van der Waals surface area contributed by atoms with Gasteiger partial charge in [0.25, 0.3) is 10.0 Å². The largest absolute Gasteiger partial charge is 0.384 e. The Morgan fingerprint density at radius 1 is 1.03 bits per heavy atom. The van der Waals surface area contributed by atoms with Gasteiger partial charge >= 0.3 is 0 Å². The Morgan fingerprint density at radius 2 is 1.72 bits per heavy atom. The van der Waals surface area contributed by atoms with Crippen LogP contribution in [0, 0.1) is 24.6 Å². The maximum absolute atomic E-state index is 13.7. The van der Waals surface area contributed by atoms with Crippen LogP contribution in [0.1, 0.15) is 36.6 Å². The minimum atomic E-state index is -3.93. The van der Waals surface area contributed by atoms with Crippen LogP contribution in [0.3, 0.4) is 0 Å². The first kappa shape index (κ1) is 23.8. The van der Waals surface area contributed by atoms with Crippen LogP contribution in [0.5, 0.6) is 0 Å². The van der Waals surface area contributed by atoms with E-state index in [9.17, 15) is 17.9 Å². The highest BCUT2D eigenvalue weighted by Gasteiger charge is 2.24. The number of aliphatic hydroxyl groups excluding tert-OH is 1. The molecule has 0 spiro atoms. The number of aryl methyl sites for hydroxylation is 1. The average Bonchev–Trinajstić information content (AvgIpc) is 3.41. The van der Waals surface area contributed by atoms with Crippen molar-refractivity contribution >= 4 is 31.8 Å². The third-order valence-corrected chi connectivity index (χ3v) is 7.74. The molecule has 8 heteroatoms. The van der Waals surface area contributed by atoms with E-state index in [1.54, 1.807) is 42.5 Å². The molecule has 0 saturated carbocycles. The third-order valence-electron chi connectivity index (χ3n) is 6.13. The number of fused-ring (bicyclic) bond motifs is 2. The molecule has 0 aliphatic heterocycles. The zero-order valence-electron chi connectivity index (χ0n) is 20.0. The van der Waals surface area contributed by atoms with Gasteiger partial charge < -0.3 is 9.67 Å². The molecule has 0 fully saturated rings. The molecule has 5 rings (SSSR count). The number of hydrogen-bond donors (Lipinski definition) is 1. The molecule has 0 unspecified atom stereocenters.